The van der Waals surface area contributed by atoms with Crippen molar-refractivity contribution >= 4 is 23.1 Å². The molecule has 124 valence electrons. The zero-order valence-electron chi connectivity index (χ0n) is 13.4. The number of hydrogen-bond acceptors (Lipinski definition) is 6. The minimum absolute atomic E-state index is 0.550. The van der Waals surface area contributed by atoms with Crippen LogP contribution in [-0.4, -0.2) is 30.9 Å². The van der Waals surface area contributed by atoms with Gasteiger partial charge in [-0.25, -0.2) is 0 Å². The van der Waals surface area contributed by atoms with Crippen molar-refractivity contribution < 1.29 is 14.2 Å². The maximum absolute atomic E-state index is 5.96. The molecule has 5 nitrogen and oxygen atoms in total. The van der Waals surface area contributed by atoms with Crippen LogP contribution >= 0.6 is 23.1 Å². The van der Waals surface area contributed by atoms with Gasteiger partial charge in [-0.05, 0) is 35.8 Å². The van der Waals surface area contributed by atoms with Crippen LogP contribution < -0.4 is 14.2 Å². The molecule has 0 aliphatic carbocycles. The van der Waals surface area contributed by atoms with Gasteiger partial charge in [0, 0.05) is 16.1 Å². The molecule has 0 fully saturated rings. The van der Waals surface area contributed by atoms with Crippen molar-refractivity contribution in [3.63, 3.8) is 0 Å². The Labute approximate surface area is 148 Å². The Morgan fingerprint density at radius 3 is 2.04 bits per heavy atom. The van der Waals surface area contributed by atoms with Gasteiger partial charge in [-0.15, -0.1) is 5.10 Å². The summed E-state index contributed by atoms with van der Waals surface area (Å²) in [5.74, 6) is 1.72. The minimum Gasteiger partial charge on any atom is -0.493 e. The van der Waals surface area contributed by atoms with E-state index in [1.165, 1.54) is 11.5 Å². The topological polar surface area (TPSA) is 53.5 Å². The van der Waals surface area contributed by atoms with Crippen LogP contribution in [0.4, 0.5) is 0 Å². The van der Waals surface area contributed by atoms with Crippen LogP contribution in [0.25, 0.3) is 21.7 Å². The molecule has 0 spiro atoms. The first-order chi connectivity index (χ1) is 11.7. The predicted octanol–water partition coefficient (Wildman–Crippen LogP) is 4.55. The van der Waals surface area contributed by atoms with E-state index >= 15 is 0 Å². The molecule has 0 amide bonds. The van der Waals surface area contributed by atoms with Gasteiger partial charge in [0.1, 0.15) is 5.69 Å². The molecule has 1 aromatic heterocycles. The zero-order valence-corrected chi connectivity index (χ0v) is 14.9. The van der Waals surface area contributed by atoms with E-state index in [2.05, 4.69) is 9.59 Å². The summed E-state index contributed by atoms with van der Waals surface area (Å²) in [4.78, 5) is 0.913. The maximum Gasteiger partial charge on any atom is 0.203 e. The normalized spacial score (nSPS) is 10.5. The lowest BCUT2D eigenvalue weighted by Gasteiger charge is -2.13. The number of hydrogen-bond donors (Lipinski definition) is 0. The molecule has 24 heavy (non-hydrogen) atoms. The highest BCUT2D eigenvalue weighted by atomic mass is 35.5. The Balaban J connectivity index is 2.14. The Hall–Kier alpha value is -2.31. The van der Waals surface area contributed by atoms with Crippen molar-refractivity contribution in [2.75, 3.05) is 21.3 Å². The number of ether oxygens (including phenoxy) is 3. The van der Waals surface area contributed by atoms with Crippen LogP contribution in [0, 0.1) is 0 Å². The molecule has 0 unspecified atom stereocenters. The van der Waals surface area contributed by atoms with Crippen LogP contribution in [0.2, 0.25) is 5.02 Å². The summed E-state index contributed by atoms with van der Waals surface area (Å²) < 4.78 is 20.3. The SMILES string of the molecule is COc1cc(-c2snnc2-c2ccc(Cl)cc2)cc(OC)c1OC. The molecular weight excluding hydrogens is 348 g/mol. The third kappa shape index (κ3) is 3.02. The zero-order chi connectivity index (χ0) is 17.1. The first-order valence-corrected chi connectivity index (χ1v) is 8.21. The van der Waals surface area contributed by atoms with Crippen LogP contribution in [0.15, 0.2) is 36.4 Å². The first kappa shape index (κ1) is 16.5. The number of aromatic nitrogens is 2. The van der Waals surface area contributed by atoms with Crippen LogP contribution in [0.5, 0.6) is 17.2 Å². The van der Waals surface area contributed by atoms with Gasteiger partial charge in [-0.1, -0.05) is 28.2 Å². The van der Waals surface area contributed by atoms with Crippen molar-refractivity contribution in [2.24, 2.45) is 0 Å². The molecule has 0 atom stereocenters. The fraction of sp³-hybridized carbons (Fsp3) is 0.176. The molecule has 0 radical (unpaired) electrons. The molecule has 0 aliphatic heterocycles. The largest absolute Gasteiger partial charge is 0.493 e. The minimum atomic E-state index is 0.550. The Kier molecular flexibility index (Phi) is 4.87. The molecule has 0 N–H and O–H groups in total. The highest BCUT2D eigenvalue weighted by Crippen LogP contribution is 2.43. The highest BCUT2D eigenvalue weighted by molar-refractivity contribution is 7.09. The van der Waals surface area contributed by atoms with Crippen LogP contribution in [-0.2, 0) is 0 Å². The van der Waals surface area contributed by atoms with Gasteiger partial charge in [0.2, 0.25) is 5.75 Å². The Morgan fingerprint density at radius 2 is 1.50 bits per heavy atom. The fourth-order valence-electron chi connectivity index (χ4n) is 2.39. The molecule has 0 saturated carbocycles. The van der Waals surface area contributed by atoms with Gasteiger partial charge >= 0.3 is 0 Å². The van der Waals surface area contributed by atoms with Crippen LogP contribution in [0.3, 0.4) is 0 Å². The van der Waals surface area contributed by atoms with Crippen molar-refractivity contribution in [3.8, 4) is 38.9 Å². The van der Waals surface area contributed by atoms with E-state index in [9.17, 15) is 0 Å². The van der Waals surface area contributed by atoms with Crippen molar-refractivity contribution in [1.82, 2.24) is 9.59 Å². The molecule has 3 aromatic rings. The van der Waals surface area contributed by atoms with E-state index < -0.39 is 0 Å². The molecule has 3 rings (SSSR count). The van der Waals surface area contributed by atoms with E-state index in [4.69, 9.17) is 25.8 Å². The number of rotatable bonds is 5. The van der Waals surface area contributed by atoms with Gasteiger partial charge < -0.3 is 14.2 Å². The lowest BCUT2D eigenvalue weighted by molar-refractivity contribution is 0.324. The summed E-state index contributed by atoms with van der Waals surface area (Å²) in [6.07, 6.45) is 0. The third-order valence-corrected chi connectivity index (χ3v) is 4.56. The number of nitrogens with zero attached hydrogens (tertiary/aromatic N) is 2. The number of methoxy groups -OCH3 is 3. The van der Waals surface area contributed by atoms with E-state index in [0.29, 0.717) is 22.3 Å². The molecule has 1 heterocycles. The van der Waals surface area contributed by atoms with Gasteiger partial charge in [0.15, 0.2) is 11.5 Å². The van der Waals surface area contributed by atoms with Gasteiger partial charge in [0.25, 0.3) is 0 Å². The second-order valence-corrected chi connectivity index (χ2v) is 6.06. The molecule has 0 saturated heterocycles. The highest BCUT2D eigenvalue weighted by Gasteiger charge is 2.18. The lowest BCUT2D eigenvalue weighted by atomic mass is 10.1. The average molecular weight is 363 g/mol. The van der Waals surface area contributed by atoms with E-state index in [0.717, 1.165) is 21.7 Å². The maximum atomic E-state index is 5.96. The smallest absolute Gasteiger partial charge is 0.203 e. The number of halogens is 1. The Morgan fingerprint density at radius 1 is 0.875 bits per heavy atom. The van der Waals surface area contributed by atoms with Gasteiger partial charge in [-0.3, -0.25) is 0 Å². The van der Waals surface area contributed by atoms with Crippen molar-refractivity contribution in [1.29, 1.82) is 0 Å². The second kappa shape index (κ2) is 7.07. The fourth-order valence-corrected chi connectivity index (χ4v) is 3.19. The quantitative estimate of drug-likeness (QED) is 0.666. The summed E-state index contributed by atoms with van der Waals surface area (Å²) in [5, 5.41) is 4.94. The summed E-state index contributed by atoms with van der Waals surface area (Å²) in [7, 11) is 4.76. The van der Waals surface area contributed by atoms with Crippen molar-refractivity contribution in [2.45, 2.75) is 0 Å². The Bertz CT molecular complexity index is 824. The monoisotopic (exact) mass is 362 g/mol. The molecule has 0 bridgehead atoms. The molecule has 2 aromatic carbocycles. The van der Waals surface area contributed by atoms with Gasteiger partial charge in [0.05, 0.1) is 26.2 Å². The summed E-state index contributed by atoms with van der Waals surface area (Å²) >= 11 is 7.27. The summed E-state index contributed by atoms with van der Waals surface area (Å²) in [6, 6.07) is 11.3. The van der Waals surface area contributed by atoms with Crippen molar-refractivity contribution in [3.05, 3.63) is 41.4 Å². The predicted molar refractivity (Wildman–Crippen MR) is 95.4 cm³/mol. The van der Waals surface area contributed by atoms with E-state index in [1.54, 1.807) is 21.3 Å². The van der Waals surface area contributed by atoms with E-state index in [-0.39, 0.29) is 0 Å². The average Bonchev–Trinajstić information content (AvgIpc) is 3.10. The third-order valence-electron chi connectivity index (χ3n) is 3.53. The molecular formula is C17H15ClN2O3S. The van der Waals surface area contributed by atoms with E-state index in [1.807, 2.05) is 36.4 Å². The van der Waals surface area contributed by atoms with Crippen LogP contribution in [0.1, 0.15) is 0 Å². The molecule has 0 aliphatic rings. The first-order valence-electron chi connectivity index (χ1n) is 7.06. The summed E-state index contributed by atoms with van der Waals surface area (Å²) in [5.41, 5.74) is 2.62. The standard InChI is InChI=1S/C17H15ClN2O3S/c1-21-13-8-11(9-14(22-2)16(13)23-3)17-15(19-20-24-17)10-4-6-12(18)7-5-10/h4-9H,1-3H3. The lowest BCUT2D eigenvalue weighted by Crippen LogP contribution is -1.95. The number of benzene rings is 2. The summed E-state index contributed by atoms with van der Waals surface area (Å²) in [6.45, 7) is 0. The second-order valence-electron chi connectivity index (χ2n) is 4.87. The van der Waals surface area contributed by atoms with Gasteiger partial charge in [-0.2, -0.15) is 0 Å². The molecule has 7 heteroatoms.